The maximum atomic E-state index is 12.4. The molecule has 0 saturated heterocycles. The van der Waals surface area contributed by atoms with Crippen LogP contribution in [-0.4, -0.2) is 28.1 Å². The van der Waals surface area contributed by atoms with E-state index in [1.807, 2.05) is 11.4 Å². The highest BCUT2D eigenvalue weighted by atomic mass is 32.1. The molecule has 4 rings (SSSR count). The van der Waals surface area contributed by atoms with Crippen molar-refractivity contribution >= 4 is 22.9 Å². The number of hydrogen-bond acceptors (Lipinski definition) is 7. The number of ether oxygens (including phenoxy) is 1. The summed E-state index contributed by atoms with van der Waals surface area (Å²) < 4.78 is 10.3. The second-order valence-electron chi connectivity index (χ2n) is 5.44. The fourth-order valence-electron chi connectivity index (χ4n) is 2.24. The molecule has 1 saturated carbocycles. The Bertz CT molecular complexity index is 868. The van der Waals surface area contributed by atoms with Crippen molar-refractivity contribution in [3.05, 3.63) is 41.2 Å². The third kappa shape index (κ3) is 2.88. The molecule has 3 heterocycles. The van der Waals surface area contributed by atoms with Crippen molar-refractivity contribution in [1.82, 2.24) is 15.1 Å². The first-order valence-corrected chi connectivity index (χ1v) is 8.35. The van der Waals surface area contributed by atoms with E-state index in [1.165, 1.54) is 24.6 Å². The van der Waals surface area contributed by atoms with E-state index in [9.17, 15) is 4.79 Å². The highest BCUT2D eigenvalue weighted by molar-refractivity contribution is 7.14. The maximum absolute atomic E-state index is 12.4. The smallest absolute Gasteiger partial charge is 0.270 e. The normalized spacial score (nSPS) is 13.7. The fraction of sp³-hybridized carbons (Fsp3) is 0.250. The number of amides is 1. The standard InChI is InChI=1S/C16H14N4O3S/c1-22-12-5-4-10(8-17-12)15(21)18-11-6-7-24-13(11)16-19-14(20-23-16)9-2-3-9/h4-9H,2-3H2,1H3,(H,18,21). The average molecular weight is 342 g/mol. The van der Waals surface area contributed by atoms with Gasteiger partial charge in [-0.15, -0.1) is 11.3 Å². The van der Waals surface area contributed by atoms with E-state index in [1.54, 1.807) is 12.1 Å². The van der Waals surface area contributed by atoms with E-state index in [0.717, 1.165) is 23.5 Å². The van der Waals surface area contributed by atoms with Crippen LogP contribution in [0.1, 0.15) is 34.9 Å². The van der Waals surface area contributed by atoms with Crippen molar-refractivity contribution in [1.29, 1.82) is 0 Å². The summed E-state index contributed by atoms with van der Waals surface area (Å²) in [7, 11) is 1.53. The zero-order valence-corrected chi connectivity index (χ0v) is 13.7. The minimum atomic E-state index is -0.258. The van der Waals surface area contributed by atoms with Gasteiger partial charge in [0.15, 0.2) is 5.82 Å². The Hall–Kier alpha value is -2.74. The second-order valence-corrected chi connectivity index (χ2v) is 6.35. The molecule has 1 aliphatic carbocycles. The number of methoxy groups -OCH3 is 1. The van der Waals surface area contributed by atoms with Crippen molar-refractivity contribution in [2.45, 2.75) is 18.8 Å². The van der Waals surface area contributed by atoms with E-state index in [-0.39, 0.29) is 5.91 Å². The lowest BCUT2D eigenvalue weighted by Gasteiger charge is -2.05. The summed E-state index contributed by atoms with van der Waals surface area (Å²) in [4.78, 5) is 21.6. The van der Waals surface area contributed by atoms with E-state index in [0.29, 0.717) is 28.9 Å². The van der Waals surface area contributed by atoms with Crippen molar-refractivity contribution < 1.29 is 14.1 Å². The van der Waals surface area contributed by atoms with Gasteiger partial charge in [-0.05, 0) is 30.4 Å². The quantitative estimate of drug-likeness (QED) is 0.765. The van der Waals surface area contributed by atoms with Crippen LogP contribution in [0.3, 0.4) is 0 Å². The molecule has 1 N–H and O–H groups in total. The van der Waals surface area contributed by atoms with Gasteiger partial charge in [0, 0.05) is 18.2 Å². The van der Waals surface area contributed by atoms with E-state index in [2.05, 4.69) is 20.4 Å². The summed E-state index contributed by atoms with van der Waals surface area (Å²) in [6.07, 6.45) is 3.69. The van der Waals surface area contributed by atoms with Crippen LogP contribution in [0.5, 0.6) is 5.88 Å². The number of carbonyl (C=O) groups excluding carboxylic acids is 1. The number of nitrogens with zero attached hydrogens (tertiary/aromatic N) is 3. The van der Waals surface area contributed by atoms with Gasteiger partial charge in [-0.2, -0.15) is 4.98 Å². The van der Waals surface area contributed by atoms with Crippen LogP contribution in [0.25, 0.3) is 10.8 Å². The summed E-state index contributed by atoms with van der Waals surface area (Å²) in [5, 5.41) is 8.75. The molecule has 0 spiro atoms. The fourth-order valence-corrected chi connectivity index (χ4v) is 3.01. The second kappa shape index (κ2) is 6.04. The van der Waals surface area contributed by atoms with Crippen molar-refractivity contribution in [3.8, 4) is 16.6 Å². The summed E-state index contributed by atoms with van der Waals surface area (Å²) in [5.74, 6) is 1.81. The number of rotatable bonds is 5. The largest absolute Gasteiger partial charge is 0.481 e. The lowest BCUT2D eigenvalue weighted by Crippen LogP contribution is -2.12. The Morgan fingerprint density at radius 1 is 1.38 bits per heavy atom. The summed E-state index contributed by atoms with van der Waals surface area (Å²) in [6.45, 7) is 0. The highest BCUT2D eigenvalue weighted by Crippen LogP contribution is 2.40. The van der Waals surface area contributed by atoms with Crippen LogP contribution < -0.4 is 10.1 Å². The average Bonchev–Trinajstić information content (AvgIpc) is 3.17. The van der Waals surface area contributed by atoms with Gasteiger partial charge in [0.2, 0.25) is 5.88 Å². The Labute approximate surface area is 141 Å². The molecule has 0 aliphatic heterocycles. The highest BCUT2D eigenvalue weighted by Gasteiger charge is 2.29. The monoisotopic (exact) mass is 342 g/mol. The van der Waals surface area contributed by atoms with E-state index >= 15 is 0 Å². The van der Waals surface area contributed by atoms with Crippen LogP contribution >= 0.6 is 11.3 Å². The van der Waals surface area contributed by atoms with Crippen LogP contribution in [0, 0.1) is 0 Å². The Kier molecular flexibility index (Phi) is 3.73. The van der Waals surface area contributed by atoms with Gasteiger partial charge in [0.05, 0.1) is 18.4 Å². The van der Waals surface area contributed by atoms with Gasteiger partial charge in [-0.1, -0.05) is 5.16 Å². The first-order valence-electron chi connectivity index (χ1n) is 7.47. The molecule has 1 amide bonds. The lowest BCUT2D eigenvalue weighted by molar-refractivity contribution is 0.102. The van der Waals surface area contributed by atoms with Gasteiger partial charge in [0.25, 0.3) is 11.8 Å². The van der Waals surface area contributed by atoms with Gasteiger partial charge in [-0.25, -0.2) is 4.98 Å². The zero-order valence-electron chi connectivity index (χ0n) is 12.9. The first-order chi connectivity index (χ1) is 11.7. The molecule has 0 atom stereocenters. The molecule has 122 valence electrons. The Balaban J connectivity index is 1.54. The van der Waals surface area contributed by atoms with Crippen LogP contribution in [0.4, 0.5) is 5.69 Å². The minimum Gasteiger partial charge on any atom is -0.481 e. The van der Waals surface area contributed by atoms with E-state index < -0.39 is 0 Å². The number of carbonyl (C=O) groups is 1. The molecule has 1 fully saturated rings. The molecule has 0 aromatic carbocycles. The van der Waals surface area contributed by atoms with Gasteiger partial charge in [0.1, 0.15) is 4.88 Å². The van der Waals surface area contributed by atoms with Crippen molar-refractivity contribution in [2.75, 3.05) is 12.4 Å². The summed E-state index contributed by atoms with van der Waals surface area (Å²) >= 11 is 1.44. The third-order valence-corrected chi connectivity index (χ3v) is 4.60. The number of pyridine rings is 1. The van der Waals surface area contributed by atoms with Gasteiger partial charge in [-0.3, -0.25) is 4.79 Å². The Morgan fingerprint density at radius 3 is 2.96 bits per heavy atom. The zero-order chi connectivity index (χ0) is 16.5. The number of nitrogens with one attached hydrogen (secondary N) is 1. The molecular formula is C16H14N4O3S. The van der Waals surface area contributed by atoms with Gasteiger partial charge >= 0.3 is 0 Å². The number of thiophene rings is 1. The predicted molar refractivity (Wildman–Crippen MR) is 88.3 cm³/mol. The minimum absolute atomic E-state index is 0.258. The number of anilines is 1. The predicted octanol–water partition coefficient (Wildman–Crippen LogP) is 3.33. The summed E-state index contributed by atoms with van der Waals surface area (Å²) in [5.41, 5.74) is 1.09. The molecule has 1 aliphatic rings. The maximum Gasteiger partial charge on any atom is 0.270 e. The lowest BCUT2D eigenvalue weighted by atomic mass is 10.2. The van der Waals surface area contributed by atoms with Crippen molar-refractivity contribution in [2.24, 2.45) is 0 Å². The molecule has 0 unspecified atom stereocenters. The number of hydrogen-bond donors (Lipinski definition) is 1. The van der Waals surface area contributed by atoms with Crippen LogP contribution in [0.15, 0.2) is 34.3 Å². The van der Waals surface area contributed by atoms with Crippen LogP contribution in [0.2, 0.25) is 0 Å². The van der Waals surface area contributed by atoms with Crippen molar-refractivity contribution in [3.63, 3.8) is 0 Å². The molecule has 8 heteroatoms. The molecule has 0 radical (unpaired) electrons. The third-order valence-electron chi connectivity index (χ3n) is 3.70. The molecule has 0 bridgehead atoms. The molecule has 3 aromatic rings. The molecule has 3 aromatic heterocycles. The topological polar surface area (TPSA) is 90.1 Å². The molecular weight excluding hydrogens is 328 g/mol. The molecule has 7 nitrogen and oxygen atoms in total. The van der Waals surface area contributed by atoms with Gasteiger partial charge < -0.3 is 14.6 Å². The van der Waals surface area contributed by atoms with Crippen LogP contribution in [-0.2, 0) is 0 Å². The number of aromatic nitrogens is 3. The molecule has 24 heavy (non-hydrogen) atoms. The first kappa shape index (κ1) is 14.8. The SMILES string of the molecule is COc1ccc(C(=O)Nc2ccsc2-c2nc(C3CC3)no2)cn1. The summed E-state index contributed by atoms with van der Waals surface area (Å²) in [6, 6.07) is 5.12. The Morgan fingerprint density at radius 2 is 2.25 bits per heavy atom. The van der Waals surface area contributed by atoms with E-state index in [4.69, 9.17) is 9.26 Å².